The molecule has 1 aliphatic rings. The third-order valence-corrected chi connectivity index (χ3v) is 2.90. The van der Waals surface area contributed by atoms with Crippen molar-refractivity contribution >= 4 is 29.7 Å². The quantitative estimate of drug-likeness (QED) is 0.509. The van der Waals surface area contributed by atoms with E-state index in [1.807, 2.05) is 0 Å². The first kappa shape index (κ1) is 19.4. The molecule has 1 atom stereocenters. The first-order valence-corrected chi connectivity index (χ1v) is 6.58. The van der Waals surface area contributed by atoms with Gasteiger partial charge in [0.25, 0.3) is 11.8 Å². The fourth-order valence-electron chi connectivity index (χ4n) is 1.66. The summed E-state index contributed by atoms with van der Waals surface area (Å²) in [5, 5.41) is 1.46. The van der Waals surface area contributed by atoms with Gasteiger partial charge in [0.05, 0.1) is 7.11 Å². The number of esters is 1. The van der Waals surface area contributed by atoms with Crippen molar-refractivity contribution < 1.29 is 46.7 Å². The Kier molecular flexibility index (Phi) is 6.26. The number of alkyl halides is 3. The number of imide groups is 1. The van der Waals surface area contributed by atoms with Gasteiger partial charge in [0.2, 0.25) is 0 Å². The summed E-state index contributed by atoms with van der Waals surface area (Å²) < 4.78 is 41.2. The number of nitrogens with one attached hydrogen (secondary N) is 1. The summed E-state index contributed by atoms with van der Waals surface area (Å²) in [5.74, 6) is -6.46. The SMILES string of the molecule is COC(=O)CC[C@H](NC(=O)C(F)(F)F)C(=O)ON1C(=O)CCC1=O. The van der Waals surface area contributed by atoms with E-state index >= 15 is 0 Å². The van der Waals surface area contributed by atoms with Crippen LogP contribution in [0, 0.1) is 0 Å². The maximum absolute atomic E-state index is 12.3. The molecule has 0 unspecified atom stereocenters. The predicted molar refractivity (Wildman–Crippen MR) is 66.4 cm³/mol. The molecule has 0 bridgehead atoms. The van der Waals surface area contributed by atoms with E-state index in [1.165, 1.54) is 5.32 Å². The van der Waals surface area contributed by atoms with Crippen molar-refractivity contribution in [1.29, 1.82) is 0 Å². The maximum Gasteiger partial charge on any atom is 0.471 e. The second-order valence-corrected chi connectivity index (χ2v) is 4.63. The Morgan fingerprint density at radius 2 is 1.75 bits per heavy atom. The molecule has 1 aliphatic heterocycles. The van der Waals surface area contributed by atoms with Crippen LogP contribution in [0.5, 0.6) is 0 Å². The molecule has 0 aromatic heterocycles. The smallest absolute Gasteiger partial charge is 0.469 e. The Balaban J connectivity index is 2.80. The van der Waals surface area contributed by atoms with Crippen molar-refractivity contribution in [2.75, 3.05) is 7.11 Å². The van der Waals surface area contributed by atoms with Crippen LogP contribution in [0.15, 0.2) is 0 Å². The van der Waals surface area contributed by atoms with Crippen molar-refractivity contribution in [3.05, 3.63) is 0 Å². The van der Waals surface area contributed by atoms with Gasteiger partial charge >= 0.3 is 24.0 Å². The highest BCUT2D eigenvalue weighted by Crippen LogP contribution is 2.17. The minimum absolute atomic E-state index is 0.118. The van der Waals surface area contributed by atoms with E-state index in [9.17, 15) is 37.1 Å². The molecule has 1 N–H and O–H groups in total. The van der Waals surface area contributed by atoms with Crippen LogP contribution < -0.4 is 5.32 Å². The van der Waals surface area contributed by atoms with E-state index in [4.69, 9.17) is 0 Å². The van der Waals surface area contributed by atoms with E-state index in [0.717, 1.165) is 7.11 Å². The van der Waals surface area contributed by atoms with Gasteiger partial charge in [-0.15, -0.1) is 5.06 Å². The molecule has 134 valence electrons. The minimum Gasteiger partial charge on any atom is -0.469 e. The van der Waals surface area contributed by atoms with Gasteiger partial charge in [-0.25, -0.2) is 4.79 Å². The summed E-state index contributed by atoms with van der Waals surface area (Å²) in [7, 11) is 1.02. The Hall–Kier alpha value is -2.66. The molecule has 0 saturated carbocycles. The maximum atomic E-state index is 12.3. The summed E-state index contributed by atoms with van der Waals surface area (Å²) in [6.45, 7) is 0. The lowest BCUT2D eigenvalue weighted by Crippen LogP contribution is -2.49. The number of carbonyl (C=O) groups is 5. The predicted octanol–water partition coefficient (Wildman–Crippen LogP) is -0.406. The number of ether oxygens (including phenoxy) is 1. The number of amides is 3. The standard InChI is InChI=1S/C12H13F3N2O7/c1-23-9(20)5-2-6(16-11(22)12(13,14)15)10(21)24-17-7(18)3-4-8(17)19/h6H,2-5H2,1H3,(H,16,22)/t6-/m0/s1. The van der Waals surface area contributed by atoms with Gasteiger partial charge in [0, 0.05) is 19.3 Å². The second-order valence-electron chi connectivity index (χ2n) is 4.63. The minimum atomic E-state index is -5.27. The molecular weight excluding hydrogens is 341 g/mol. The number of halogens is 3. The summed E-state index contributed by atoms with van der Waals surface area (Å²) in [5.41, 5.74) is 0. The van der Waals surface area contributed by atoms with Gasteiger partial charge in [-0.05, 0) is 6.42 Å². The lowest BCUT2D eigenvalue weighted by Gasteiger charge is -2.20. The molecule has 1 heterocycles. The number of hydrogen-bond acceptors (Lipinski definition) is 7. The van der Waals surface area contributed by atoms with Gasteiger partial charge in [-0.3, -0.25) is 19.2 Å². The zero-order chi connectivity index (χ0) is 18.5. The Morgan fingerprint density at radius 1 is 1.21 bits per heavy atom. The number of rotatable bonds is 6. The molecule has 9 nitrogen and oxygen atoms in total. The van der Waals surface area contributed by atoms with Crippen LogP contribution in [0.3, 0.4) is 0 Å². The zero-order valence-corrected chi connectivity index (χ0v) is 12.3. The lowest BCUT2D eigenvalue weighted by atomic mass is 10.1. The molecule has 0 aliphatic carbocycles. The lowest BCUT2D eigenvalue weighted by molar-refractivity contribution is -0.200. The first-order valence-electron chi connectivity index (χ1n) is 6.58. The topological polar surface area (TPSA) is 119 Å². The Morgan fingerprint density at radius 3 is 2.21 bits per heavy atom. The Bertz CT molecular complexity index is 545. The number of carbonyl (C=O) groups excluding carboxylic acids is 5. The van der Waals surface area contributed by atoms with Gasteiger partial charge < -0.3 is 14.9 Å². The monoisotopic (exact) mass is 354 g/mol. The van der Waals surface area contributed by atoms with Gasteiger partial charge in [0.15, 0.2) is 0 Å². The van der Waals surface area contributed by atoms with Crippen LogP contribution >= 0.6 is 0 Å². The molecule has 1 saturated heterocycles. The molecule has 24 heavy (non-hydrogen) atoms. The van der Waals surface area contributed by atoms with E-state index in [0.29, 0.717) is 0 Å². The second kappa shape index (κ2) is 7.75. The average molecular weight is 354 g/mol. The van der Waals surface area contributed by atoms with Crippen LogP contribution in [0.1, 0.15) is 25.7 Å². The molecular formula is C12H13F3N2O7. The first-order chi connectivity index (χ1) is 11.1. The molecule has 0 radical (unpaired) electrons. The molecule has 0 aromatic carbocycles. The number of methoxy groups -OCH3 is 1. The van der Waals surface area contributed by atoms with Crippen LogP contribution in [0.4, 0.5) is 13.2 Å². The highest BCUT2D eigenvalue weighted by Gasteiger charge is 2.42. The highest BCUT2D eigenvalue weighted by atomic mass is 19.4. The largest absolute Gasteiger partial charge is 0.471 e. The summed E-state index contributed by atoms with van der Waals surface area (Å²) in [4.78, 5) is 60.9. The molecule has 0 spiro atoms. The molecule has 1 fully saturated rings. The van der Waals surface area contributed by atoms with Crippen LogP contribution in [0.25, 0.3) is 0 Å². The summed E-state index contributed by atoms with van der Waals surface area (Å²) in [6.07, 6.45) is -6.79. The third-order valence-electron chi connectivity index (χ3n) is 2.90. The van der Waals surface area contributed by atoms with Gasteiger partial charge in [-0.2, -0.15) is 13.2 Å². The van der Waals surface area contributed by atoms with E-state index < -0.39 is 54.7 Å². The molecule has 3 amide bonds. The van der Waals surface area contributed by atoms with Crippen molar-refractivity contribution in [3.8, 4) is 0 Å². The van der Waals surface area contributed by atoms with Crippen molar-refractivity contribution in [3.63, 3.8) is 0 Å². The normalized spacial score (nSPS) is 15.9. The van der Waals surface area contributed by atoms with Gasteiger partial charge in [0.1, 0.15) is 6.04 Å². The average Bonchev–Trinajstić information content (AvgIpc) is 2.81. The van der Waals surface area contributed by atoms with E-state index in [1.54, 1.807) is 0 Å². The zero-order valence-electron chi connectivity index (χ0n) is 12.3. The van der Waals surface area contributed by atoms with Crippen molar-refractivity contribution in [1.82, 2.24) is 10.4 Å². The highest BCUT2D eigenvalue weighted by molar-refractivity contribution is 6.02. The fourth-order valence-corrected chi connectivity index (χ4v) is 1.66. The molecule has 1 rings (SSSR count). The van der Waals surface area contributed by atoms with Crippen molar-refractivity contribution in [2.45, 2.75) is 37.9 Å². The van der Waals surface area contributed by atoms with Crippen molar-refractivity contribution in [2.24, 2.45) is 0 Å². The van der Waals surface area contributed by atoms with Crippen LogP contribution in [0.2, 0.25) is 0 Å². The van der Waals surface area contributed by atoms with E-state index in [2.05, 4.69) is 9.57 Å². The third kappa shape index (κ3) is 5.21. The molecule has 12 heteroatoms. The van der Waals surface area contributed by atoms with Gasteiger partial charge in [-0.1, -0.05) is 0 Å². The molecule has 0 aromatic rings. The summed E-state index contributed by atoms with van der Waals surface area (Å²) >= 11 is 0. The van der Waals surface area contributed by atoms with Crippen LogP contribution in [-0.4, -0.2) is 54.1 Å². The number of hydroxylamine groups is 2. The van der Waals surface area contributed by atoms with Crippen LogP contribution in [-0.2, 0) is 33.5 Å². The number of hydrogen-bond donors (Lipinski definition) is 1. The summed E-state index contributed by atoms with van der Waals surface area (Å²) in [6, 6.07) is -1.90. The fraction of sp³-hybridized carbons (Fsp3) is 0.583. The Labute approximate surface area is 133 Å². The van der Waals surface area contributed by atoms with E-state index in [-0.39, 0.29) is 17.9 Å². The number of nitrogens with zero attached hydrogens (tertiary/aromatic N) is 1.